The largest absolute Gasteiger partial charge is 0.245 e. The first-order chi connectivity index (χ1) is 10.8. The number of pyridine rings is 1. The average Bonchev–Trinajstić information content (AvgIpc) is 3.05. The topological polar surface area (TPSA) is 38.7 Å². The van der Waals surface area contributed by atoms with Gasteiger partial charge in [0.1, 0.15) is 10.7 Å². The van der Waals surface area contributed by atoms with E-state index in [1.165, 1.54) is 5.56 Å². The zero-order valence-electron chi connectivity index (χ0n) is 12.0. The van der Waals surface area contributed by atoms with E-state index in [0.717, 1.165) is 32.2 Å². The highest BCUT2D eigenvalue weighted by Crippen LogP contribution is 2.29. The second kappa shape index (κ2) is 5.31. The summed E-state index contributed by atoms with van der Waals surface area (Å²) < 4.78 is 0. The summed E-state index contributed by atoms with van der Waals surface area (Å²) in [6.45, 7) is 2.08. The molecule has 0 N–H and O–H groups in total. The van der Waals surface area contributed by atoms with Crippen molar-refractivity contribution in [3.05, 3.63) is 66.2 Å². The van der Waals surface area contributed by atoms with Gasteiger partial charge in [-0.1, -0.05) is 65.4 Å². The molecule has 3 nitrogen and oxygen atoms in total. The van der Waals surface area contributed by atoms with Crippen molar-refractivity contribution in [3.8, 4) is 21.3 Å². The van der Waals surface area contributed by atoms with Gasteiger partial charge in [0.2, 0.25) is 0 Å². The van der Waals surface area contributed by atoms with Gasteiger partial charge in [0.05, 0.1) is 5.52 Å². The molecule has 0 saturated carbocycles. The Morgan fingerprint density at radius 1 is 0.773 bits per heavy atom. The molecule has 0 aliphatic carbocycles. The maximum atomic E-state index is 4.67. The lowest BCUT2D eigenvalue weighted by atomic mass is 10.2. The molecule has 0 aliphatic heterocycles. The van der Waals surface area contributed by atoms with Gasteiger partial charge in [-0.2, -0.15) is 0 Å². The average molecular weight is 303 g/mol. The first kappa shape index (κ1) is 13.1. The van der Waals surface area contributed by atoms with Crippen LogP contribution in [0.2, 0.25) is 0 Å². The van der Waals surface area contributed by atoms with Crippen molar-refractivity contribution in [2.45, 2.75) is 6.92 Å². The molecule has 0 spiro atoms. The number of para-hydroxylation sites is 1. The molecule has 4 aromatic rings. The second-order valence-electron chi connectivity index (χ2n) is 5.17. The fourth-order valence-corrected chi connectivity index (χ4v) is 3.14. The summed E-state index contributed by atoms with van der Waals surface area (Å²) in [5.74, 6) is 0. The Morgan fingerprint density at radius 3 is 2.41 bits per heavy atom. The zero-order chi connectivity index (χ0) is 14.9. The van der Waals surface area contributed by atoms with Gasteiger partial charge in [-0.05, 0) is 19.1 Å². The minimum atomic E-state index is 0.848. The van der Waals surface area contributed by atoms with Gasteiger partial charge in [0.15, 0.2) is 5.01 Å². The smallest absolute Gasteiger partial charge is 0.166 e. The van der Waals surface area contributed by atoms with Crippen molar-refractivity contribution in [1.82, 2.24) is 15.2 Å². The second-order valence-corrected chi connectivity index (χ2v) is 6.15. The quantitative estimate of drug-likeness (QED) is 0.537. The number of fused-ring (bicyclic) bond motifs is 1. The molecule has 22 heavy (non-hydrogen) atoms. The molecule has 0 bridgehead atoms. The molecule has 4 heteroatoms. The molecule has 4 rings (SSSR count). The Balaban J connectivity index is 1.74. The summed E-state index contributed by atoms with van der Waals surface area (Å²) in [4.78, 5) is 4.67. The van der Waals surface area contributed by atoms with Crippen LogP contribution >= 0.6 is 11.3 Å². The highest BCUT2D eigenvalue weighted by molar-refractivity contribution is 7.17. The number of hydrogen-bond donors (Lipinski definition) is 0. The summed E-state index contributed by atoms with van der Waals surface area (Å²) in [7, 11) is 0. The van der Waals surface area contributed by atoms with Crippen LogP contribution in [0.3, 0.4) is 0 Å². The molecule has 0 amide bonds. The first-order valence-corrected chi connectivity index (χ1v) is 7.88. The van der Waals surface area contributed by atoms with Crippen LogP contribution < -0.4 is 0 Å². The number of aromatic nitrogens is 3. The van der Waals surface area contributed by atoms with Crippen molar-refractivity contribution in [2.75, 3.05) is 0 Å². The van der Waals surface area contributed by atoms with Gasteiger partial charge in [0.25, 0.3) is 0 Å². The summed E-state index contributed by atoms with van der Waals surface area (Å²) >= 11 is 1.57. The van der Waals surface area contributed by atoms with E-state index in [4.69, 9.17) is 0 Å². The summed E-state index contributed by atoms with van der Waals surface area (Å²) in [5, 5.41) is 11.5. The fourth-order valence-electron chi connectivity index (χ4n) is 2.32. The van der Waals surface area contributed by atoms with Crippen molar-refractivity contribution < 1.29 is 0 Å². The van der Waals surface area contributed by atoms with Crippen LogP contribution in [0.1, 0.15) is 5.56 Å². The van der Waals surface area contributed by atoms with Crippen LogP contribution in [0.4, 0.5) is 0 Å². The molecule has 2 heterocycles. The van der Waals surface area contributed by atoms with E-state index >= 15 is 0 Å². The Kier molecular flexibility index (Phi) is 3.16. The molecule has 106 valence electrons. The van der Waals surface area contributed by atoms with E-state index in [2.05, 4.69) is 58.5 Å². The molecular weight excluding hydrogens is 290 g/mol. The third kappa shape index (κ3) is 2.38. The van der Waals surface area contributed by atoms with Crippen LogP contribution in [-0.2, 0) is 0 Å². The van der Waals surface area contributed by atoms with Crippen LogP contribution in [0.25, 0.3) is 32.2 Å². The van der Waals surface area contributed by atoms with E-state index in [1.54, 1.807) is 11.3 Å². The highest BCUT2D eigenvalue weighted by atomic mass is 32.1. The Labute approximate surface area is 132 Å². The molecule has 2 aromatic heterocycles. The lowest BCUT2D eigenvalue weighted by Gasteiger charge is -1.99. The third-order valence-corrected chi connectivity index (χ3v) is 4.54. The SMILES string of the molecule is Cc1ccc(-c2nnc(-c3ccc4ccccc4n3)s2)cc1. The number of aryl methyl sites for hydroxylation is 1. The van der Waals surface area contributed by atoms with Crippen molar-refractivity contribution in [3.63, 3.8) is 0 Å². The number of rotatable bonds is 2. The monoisotopic (exact) mass is 303 g/mol. The van der Waals surface area contributed by atoms with E-state index in [9.17, 15) is 0 Å². The summed E-state index contributed by atoms with van der Waals surface area (Å²) in [6.07, 6.45) is 0. The first-order valence-electron chi connectivity index (χ1n) is 7.06. The van der Waals surface area contributed by atoms with E-state index in [-0.39, 0.29) is 0 Å². The lowest BCUT2D eigenvalue weighted by molar-refractivity contribution is 1.09. The zero-order valence-corrected chi connectivity index (χ0v) is 12.8. The molecule has 0 unspecified atom stereocenters. The van der Waals surface area contributed by atoms with Gasteiger partial charge in [0, 0.05) is 10.9 Å². The van der Waals surface area contributed by atoms with Crippen molar-refractivity contribution >= 4 is 22.2 Å². The van der Waals surface area contributed by atoms with E-state index in [0.29, 0.717) is 0 Å². The number of benzene rings is 2. The normalized spacial score (nSPS) is 11.0. The molecule has 0 radical (unpaired) electrons. The molecule has 0 aliphatic rings. The van der Waals surface area contributed by atoms with Gasteiger partial charge in [-0.25, -0.2) is 4.98 Å². The van der Waals surface area contributed by atoms with Gasteiger partial charge in [-0.15, -0.1) is 10.2 Å². The highest BCUT2D eigenvalue weighted by Gasteiger charge is 2.10. The Morgan fingerprint density at radius 2 is 1.55 bits per heavy atom. The molecule has 0 atom stereocenters. The lowest BCUT2D eigenvalue weighted by Crippen LogP contribution is -1.84. The minimum Gasteiger partial charge on any atom is -0.245 e. The third-order valence-electron chi connectivity index (χ3n) is 3.54. The predicted molar refractivity (Wildman–Crippen MR) is 90.8 cm³/mol. The molecule has 0 fully saturated rings. The Bertz CT molecular complexity index is 942. The minimum absolute atomic E-state index is 0.848. The standard InChI is InChI=1S/C18H13N3S/c1-12-6-8-14(9-7-12)17-20-21-18(22-17)16-11-10-13-4-2-3-5-15(13)19-16/h2-11H,1H3. The van der Waals surface area contributed by atoms with E-state index < -0.39 is 0 Å². The van der Waals surface area contributed by atoms with Crippen LogP contribution in [0, 0.1) is 6.92 Å². The van der Waals surface area contributed by atoms with Crippen LogP contribution in [-0.4, -0.2) is 15.2 Å². The van der Waals surface area contributed by atoms with Gasteiger partial charge in [-0.3, -0.25) is 0 Å². The number of hydrogen-bond acceptors (Lipinski definition) is 4. The van der Waals surface area contributed by atoms with Crippen LogP contribution in [0.15, 0.2) is 60.7 Å². The summed E-state index contributed by atoms with van der Waals surface area (Å²) in [6, 6.07) is 20.5. The maximum absolute atomic E-state index is 4.67. The Hall–Kier alpha value is -2.59. The molecule has 2 aromatic carbocycles. The van der Waals surface area contributed by atoms with Crippen molar-refractivity contribution in [2.24, 2.45) is 0 Å². The van der Waals surface area contributed by atoms with Gasteiger partial charge >= 0.3 is 0 Å². The van der Waals surface area contributed by atoms with Gasteiger partial charge < -0.3 is 0 Å². The van der Waals surface area contributed by atoms with E-state index in [1.807, 2.05) is 24.3 Å². The number of nitrogens with zero attached hydrogens (tertiary/aromatic N) is 3. The molecular formula is C18H13N3S. The van der Waals surface area contributed by atoms with Crippen molar-refractivity contribution in [1.29, 1.82) is 0 Å². The fraction of sp³-hybridized carbons (Fsp3) is 0.0556. The summed E-state index contributed by atoms with van der Waals surface area (Å²) in [5.41, 5.74) is 4.18. The maximum Gasteiger partial charge on any atom is 0.166 e. The molecule has 0 saturated heterocycles. The predicted octanol–water partition coefficient (Wildman–Crippen LogP) is 4.73. The van der Waals surface area contributed by atoms with Crippen LogP contribution in [0.5, 0.6) is 0 Å².